The Morgan fingerprint density at radius 1 is 0.969 bits per heavy atom. The highest BCUT2D eigenvalue weighted by molar-refractivity contribution is 5.95. The van der Waals surface area contributed by atoms with Crippen LogP contribution in [0.4, 0.5) is 0 Å². The average molecular weight is 430 g/mol. The molecular formula is C27H27NO4. The molecule has 0 radical (unpaired) electrons. The van der Waals surface area contributed by atoms with E-state index in [4.69, 9.17) is 9.26 Å². The van der Waals surface area contributed by atoms with Gasteiger partial charge in [0.2, 0.25) is 0 Å². The Kier molecular flexibility index (Phi) is 6.55. The minimum absolute atomic E-state index is 0.0922. The molecule has 1 heterocycles. The Balaban J connectivity index is 1.89. The smallest absolute Gasteiger partial charge is 0.307 e. The second kappa shape index (κ2) is 9.69. The number of fused-ring (bicyclic) bond motifs is 1. The highest BCUT2D eigenvalue weighted by Crippen LogP contribution is 2.41. The van der Waals surface area contributed by atoms with Crippen molar-refractivity contribution in [1.29, 1.82) is 0 Å². The molecule has 0 unspecified atom stereocenters. The number of aromatic nitrogens is 1. The Labute approximate surface area is 187 Å². The van der Waals surface area contributed by atoms with E-state index in [0.717, 1.165) is 64.8 Å². The number of nitrogens with zero attached hydrogens (tertiary/aromatic N) is 1. The molecule has 0 aliphatic carbocycles. The van der Waals surface area contributed by atoms with Gasteiger partial charge in [0.25, 0.3) is 0 Å². The second-order valence-electron chi connectivity index (χ2n) is 7.90. The number of carboxylic acids is 1. The summed E-state index contributed by atoms with van der Waals surface area (Å²) >= 11 is 0. The largest absolute Gasteiger partial charge is 0.481 e. The fourth-order valence-electron chi connectivity index (χ4n) is 4.07. The standard InChI is InChI=1S/C27H27NO4/c1-3-10-20-16-22-25(18-12-6-5-7-13-18)28-32-27(22)21(11-4-2)26(20)31-23-15-9-8-14-19(23)17-24(29)30/h5-9,12-16H,3-4,10-11,17H2,1-2H3,(H,29,30). The van der Waals surface area contributed by atoms with E-state index in [9.17, 15) is 9.90 Å². The lowest BCUT2D eigenvalue weighted by atomic mass is 9.96. The summed E-state index contributed by atoms with van der Waals surface area (Å²) < 4.78 is 12.3. The van der Waals surface area contributed by atoms with Crippen molar-refractivity contribution in [1.82, 2.24) is 5.16 Å². The summed E-state index contributed by atoms with van der Waals surface area (Å²) in [5.41, 5.74) is 5.27. The van der Waals surface area contributed by atoms with Crippen LogP contribution in [0, 0.1) is 0 Å². The first-order valence-electron chi connectivity index (χ1n) is 11.1. The fraction of sp³-hybridized carbons (Fsp3) is 0.259. The van der Waals surface area contributed by atoms with Crippen LogP contribution in [0.5, 0.6) is 11.5 Å². The molecule has 4 aromatic rings. The van der Waals surface area contributed by atoms with Crippen LogP contribution in [0.25, 0.3) is 22.2 Å². The molecule has 0 atom stereocenters. The molecule has 5 nitrogen and oxygen atoms in total. The molecule has 0 saturated carbocycles. The second-order valence-corrected chi connectivity index (χ2v) is 7.90. The predicted molar refractivity (Wildman–Crippen MR) is 125 cm³/mol. The van der Waals surface area contributed by atoms with Gasteiger partial charge in [-0.3, -0.25) is 4.79 Å². The fourth-order valence-corrected chi connectivity index (χ4v) is 4.07. The van der Waals surface area contributed by atoms with E-state index in [1.807, 2.05) is 48.5 Å². The van der Waals surface area contributed by atoms with E-state index in [1.165, 1.54) is 0 Å². The molecule has 0 spiro atoms. The number of aliphatic carboxylic acids is 1. The predicted octanol–water partition coefficient (Wildman–Crippen LogP) is 6.82. The maximum absolute atomic E-state index is 11.3. The van der Waals surface area contributed by atoms with Crippen LogP contribution in [0.2, 0.25) is 0 Å². The SMILES string of the molecule is CCCc1cc2c(-c3ccccc3)noc2c(CCC)c1Oc1ccccc1CC(=O)O. The van der Waals surface area contributed by atoms with Crippen molar-refractivity contribution in [3.8, 4) is 22.8 Å². The Hall–Kier alpha value is -3.60. The molecule has 0 amide bonds. The van der Waals surface area contributed by atoms with Gasteiger partial charge in [-0.2, -0.15) is 0 Å². The lowest BCUT2D eigenvalue weighted by Gasteiger charge is -2.17. The molecule has 1 N–H and O–H groups in total. The minimum atomic E-state index is -0.887. The lowest BCUT2D eigenvalue weighted by Crippen LogP contribution is -2.04. The summed E-state index contributed by atoms with van der Waals surface area (Å²) in [5.74, 6) is 0.434. The summed E-state index contributed by atoms with van der Waals surface area (Å²) in [4.78, 5) is 11.3. The third kappa shape index (κ3) is 4.37. The average Bonchev–Trinajstić information content (AvgIpc) is 3.21. The maximum Gasteiger partial charge on any atom is 0.307 e. The molecule has 0 aliphatic rings. The monoisotopic (exact) mass is 429 g/mol. The number of benzene rings is 3. The summed E-state index contributed by atoms with van der Waals surface area (Å²) in [6.07, 6.45) is 3.39. The molecule has 1 aromatic heterocycles. The van der Waals surface area contributed by atoms with Crippen molar-refractivity contribution in [2.45, 2.75) is 46.0 Å². The van der Waals surface area contributed by atoms with Gasteiger partial charge in [-0.25, -0.2) is 0 Å². The van der Waals surface area contributed by atoms with Gasteiger partial charge in [-0.1, -0.05) is 80.4 Å². The summed E-state index contributed by atoms with van der Waals surface area (Å²) in [6.45, 7) is 4.26. The molecule has 164 valence electrons. The van der Waals surface area contributed by atoms with Crippen LogP contribution in [0.3, 0.4) is 0 Å². The van der Waals surface area contributed by atoms with Crippen LogP contribution in [-0.4, -0.2) is 16.2 Å². The first kappa shape index (κ1) is 21.6. The van der Waals surface area contributed by atoms with Crippen LogP contribution in [0.15, 0.2) is 65.2 Å². The molecule has 0 fully saturated rings. The third-order valence-corrected chi connectivity index (χ3v) is 5.48. The first-order valence-corrected chi connectivity index (χ1v) is 11.1. The molecule has 3 aromatic carbocycles. The molecule has 4 rings (SSSR count). The molecule has 32 heavy (non-hydrogen) atoms. The van der Waals surface area contributed by atoms with E-state index in [0.29, 0.717) is 11.3 Å². The highest BCUT2D eigenvalue weighted by atomic mass is 16.5. The zero-order chi connectivity index (χ0) is 22.5. The number of hydrogen-bond donors (Lipinski definition) is 1. The van der Waals surface area contributed by atoms with Crippen molar-refractivity contribution in [3.63, 3.8) is 0 Å². The van der Waals surface area contributed by atoms with Crippen LogP contribution >= 0.6 is 0 Å². The lowest BCUT2D eigenvalue weighted by molar-refractivity contribution is -0.136. The molecule has 0 saturated heterocycles. The zero-order valence-electron chi connectivity index (χ0n) is 18.4. The molecule has 0 bridgehead atoms. The third-order valence-electron chi connectivity index (χ3n) is 5.48. The van der Waals surface area contributed by atoms with E-state index in [2.05, 4.69) is 25.1 Å². The van der Waals surface area contributed by atoms with Crippen LogP contribution in [-0.2, 0) is 24.1 Å². The van der Waals surface area contributed by atoms with E-state index in [-0.39, 0.29) is 6.42 Å². The number of carbonyl (C=O) groups is 1. The van der Waals surface area contributed by atoms with Gasteiger partial charge in [-0.05, 0) is 30.5 Å². The molecular weight excluding hydrogens is 402 g/mol. The molecule has 5 heteroatoms. The van der Waals surface area contributed by atoms with Crippen molar-refractivity contribution in [3.05, 3.63) is 77.4 Å². The van der Waals surface area contributed by atoms with Crippen LogP contribution in [0.1, 0.15) is 43.4 Å². The summed E-state index contributed by atoms with van der Waals surface area (Å²) in [6, 6.07) is 19.5. The highest BCUT2D eigenvalue weighted by Gasteiger charge is 2.22. The quantitative estimate of drug-likeness (QED) is 0.316. The van der Waals surface area contributed by atoms with Gasteiger partial charge >= 0.3 is 5.97 Å². The van der Waals surface area contributed by atoms with Gasteiger partial charge in [-0.15, -0.1) is 0 Å². The molecule has 0 aliphatic heterocycles. The Morgan fingerprint density at radius 2 is 1.69 bits per heavy atom. The Morgan fingerprint density at radius 3 is 2.41 bits per heavy atom. The minimum Gasteiger partial charge on any atom is -0.481 e. The number of aryl methyl sites for hydroxylation is 2. The van der Waals surface area contributed by atoms with Gasteiger partial charge in [0.05, 0.1) is 11.8 Å². The first-order chi connectivity index (χ1) is 15.6. The summed E-state index contributed by atoms with van der Waals surface area (Å²) in [5, 5.41) is 14.7. The normalized spacial score (nSPS) is 11.1. The van der Waals surface area contributed by atoms with Crippen molar-refractivity contribution in [2.24, 2.45) is 0 Å². The summed E-state index contributed by atoms with van der Waals surface area (Å²) in [7, 11) is 0. The van der Waals surface area contributed by atoms with Crippen molar-refractivity contribution in [2.75, 3.05) is 0 Å². The number of ether oxygens (including phenoxy) is 1. The Bertz CT molecular complexity index is 1230. The zero-order valence-corrected chi connectivity index (χ0v) is 18.4. The number of rotatable bonds is 9. The van der Waals surface area contributed by atoms with Crippen molar-refractivity contribution >= 4 is 16.9 Å². The number of para-hydroxylation sites is 1. The van der Waals surface area contributed by atoms with E-state index < -0.39 is 5.97 Å². The van der Waals surface area contributed by atoms with Gasteiger partial charge < -0.3 is 14.4 Å². The van der Waals surface area contributed by atoms with Crippen LogP contribution < -0.4 is 4.74 Å². The maximum atomic E-state index is 11.3. The topological polar surface area (TPSA) is 72.6 Å². The van der Waals surface area contributed by atoms with Gasteiger partial charge in [0.15, 0.2) is 5.58 Å². The number of carboxylic acid groups (broad SMARTS) is 1. The van der Waals surface area contributed by atoms with Crippen molar-refractivity contribution < 1.29 is 19.2 Å². The van der Waals surface area contributed by atoms with Gasteiger partial charge in [0.1, 0.15) is 17.2 Å². The van der Waals surface area contributed by atoms with Gasteiger partial charge in [0, 0.05) is 16.7 Å². The van der Waals surface area contributed by atoms with E-state index >= 15 is 0 Å². The number of hydrogen-bond acceptors (Lipinski definition) is 4. The van der Waals surface area contributed by atoms with E-state index in [1.54, 1.807) is 6.07 Å².